The van der Waals surface area contributed by atoms with Gasteiger partial charge in [-0.3, -0.25) is 0 Å². The zero-order chi connectivity index (χ0) is 34.8. The van der Waals surface area contributed by atoms with E-state index in [2.05, 4.69) is 207 Å². The zero-order valence-electron chi connectivity index (χ0n) is 29.3. The van der Waals surface area contributed by atoms with E-state index < -0.39 is 0 Å². The minimum Gasteiger partial charge on any atom is -0.310 e. The normalized spacial score (nSPS) is 13.0. The van der Waals surface area contributed by atoms with Gasteiger partial charge in [-0.25, -0.2) is 0 Å². The van der Waals surface area contributed by atoms with Crippen molar-refractivity contribution in [3.05, 3.63) is 199 Å². The third kappa shape index (κ3) is 4.70. The average Bonchev–Trinajstić information content (AvgIpc) is 3.44. The number of rotatable bonds is 5. The summed E-state index contributed by atoms with van der Waals surface area (Å²) < 4.78 is 0. The van der Waals surface area contributed by atoms with Gasteiger partial charge in [0.1, 0.15) is 0 Å². The molecule has 0 saturated carbocycles. The number of hydrogen-bond acceptors (Lipinski definition) is 1. The maximum absolute atomic E-state index is 2.48. The van der Waals surface area contributed by atoms with Crippen LogP contribution in [0.1, 0.15) is 25.0 Å². The van der Waals surface area contributed by atoms with E-state index >= 15 is 0 Å². The molecule has 0 aliphatic heterocycles. The van der Waals surface area contributed by atoms with Crippen LogP contribution in [0.15, 0.2) is 188 Å². The fourth-order valence-corrected chi connectivity index (χ4v) is 8.81. The molecule has 0 amide bonds. The maximum atomic E-state index is 2.48. The van der Waals surface area contributed by atoms with Crippen molar-refractivity contribution in [2.75, 3.05) is 4.90 Å². The molecule has 246 valence electrons. The topological polar surface area (TPSA) is 3.24 Å². The molecule has 0 atom stereocenters. The van der Waals surface area contributed by atoms with E-state index in [0.717, 1.165) is 11.4 Å². The van der Waals surface area contributed by atoms with Crippen LogP contribution < -0.4 is 4.90 Å². The molecular weight excluding hydrogens is 627 g/mol. The molecule has 9 aromatic carbocycles. The van der Waals surface area contributed by atoms with Crippen LogP contribution in [0.4, 0.5) is 17.1 Å². The molecule has 0 saturated heterocycles. The highest BCUT2D eigenvalue weighted by molar-refractivity contribution is 6.13. The Morgan fingerprint density at radius 2 is 0.981 bits per heavy atom. The number of hydrogen-bond donors (Lipinski definition) is 0. The largest absolute Gasteiger partial charge is 0.310 e. The molecule has 52 heavy (non-hydrogen) atoms. The Hall–Kier alpha value is -6.44. The first kappa shape index (κ1) is 30.4. The summed E-state index contributed by atoms with van der Waals surface area (Å²) in [7, 11) is 0. The monoisotopic (exact) mass is 663 g/mol. The van der Waals surface area contributed by atoms with E-state index in [0.29, 0.717) is 0 Å². The standard InChI is InChI=1S/C51H37N/c1-51(2)48-26-10-9-23-45(48)46-25-13-27-49(50(46)51)52(39-18-11-17-36(32-39)41-24-12-16-34-14-3-5-19-40(34)41)38-30-28-35(29-31-38)47-33-37-15-4-6-20-42(37)43-21-7-8-22-44(43)47/h3-33H,1-2H3. The zero-order valence-corrected chi connectivity index (χ0v) is 29.3. The van der Waals surface area contributed by atoms with Gasteiger partial charge >= 0.3 is 0 Å². The second kappa shape index (κ2) is 11.8. The van der Waals surface area contributed by atoms with Crippen LogP contribution in [-0.2, 0) is 5.41 Å². The Morgan fingerprint density at radius 1 is 0.365 bits per heavy atom. The predicted molar refractivity (Wildman–Crippen MR) is 222 cm³/mol. The van der Waals surface area contributed by atoms with Crippen LogP contribution in [-0.4, -0.2) is 0 Å². The summed E-state index contributed by atoms with van der Waals surface area (Å²) in [5.41, 5.74) is 13.6. The van der Waals surface area contributed by atoms with Crippen molar-refractivity contribution in [2.45, 2.75) is 19.3 Å². The molecule has 0 bridgehead atoms. The Balaban J connectivity index is 1.17. The van der Waals surface area contributed by atoms with Crippen molar-refractivity contribution in [2.24, 2.45) is 0 Å². The van der Waals surface area contributed by atoms with Crippen LogP contribution in [0.2, 0.25) is 0 Å². The van der Waals surface area contributed by atoms with Crippen LogP contribution in [0.5, 0.6) is 0 Å². The van der Waals surface area contributed by atoms with Gasteiger partial charge in [0, 0.05) is 16.8 Å². The average molecular weight is 664 g/mol. The molecule has 0 N–H and O–H groups in total. The van der Waals surface area contributed by atoms with Gasteiger partial charge in [0.25, 0.3) is 0 Å². The summed E-state index contributed by atoms with van der Waals surface area (Å²) in [6, 6.07) is 69.2. The van der Waals surface area contributed by atoms with Gasteiger partial charge in [-0.2, -0.15) is 0 Å². The van der Waals surface area contributed by atoms with Crippen LogP contribution in [0.3, 0.4) is 0 Å². The molecule has 0 spiro atoms. The number of anilines is 3. The predicted octanol–water partition coefficient (Wildman–Crippen LogP) is 14.3. The highest BCUT2D eigenvalue weighted by atomic mass is 15.1. The maximum Gasteiger partial charge on any atom is 0.0508 e. The molecule has 0 radical (unpaired) electrons. The van der Waals surface area contributed by atoms with Gasteiger partial charge in [0.15, 0.2) is 0 Å². The van der Waals surface area contributed by atoms with Crippen LogP contribution >= 0.6 is 0 Å². The molecule has 9 aromatic rings. The van der Waals surface area contributed by atoms with Crippen molar-refractivity contribution >= 4 is 49.4 Å². The van der Waals surface area contributed by atoms with Gasteiger partial charge in [-0.15, -0.1) is 0 Å². The smallest absolute Gasteiger partial charge is 0.0508 e. The Kier molecular flexibility index (Phi) is 6.91. The van der Waals surface area contributed by atoms with Gasteiger partial charge in [0.2, 0.25) is 0 Å². The summed E-state index contributed by atoms with van der Waals surface area (Å²) >= 11 is 0. The van der Waals surface area contributed by atoms with Crippen LogP contribution in [0, 0.1) is 0 Å². The van der Waals surface area contributed by atoms with E-state index in [-0.39, 0.29) is 5.41 Å². The molecule has 1 aliphatic carbocycles. The first-order valence-corrected chi connectivity index (χ1v) is 18.2. The van der Waals surface area contributed by atoms with E-state index in [9.17, 15) is 0 Å². The molecule has 1 nitrogen and oxygen atoms in total. The molecule has 0 fully saturated rings. The summed E-state index contributed by atoms with van der Waals surface area (Å²) in [5.74, 6) is 0. The van der Waals surface area contributed by atoms with Crippen LogP contribution in [0.25, 0.3) is 65.7 Å². The Labute approximate surface area is 305 Å². The first-order chi connectivity index (χ1) is 25.6. The minimum absolute atomic E-state index is 0.169. The lowest BCUT2D eigenvalue weighted by atomic mass is 9.81. The fraction of sp³-hybridized carbons (Fsp3) is 0.0588. The molecule has 10 rings (SSSR count). The van der Waals surface area contributed by atoms with E-state index in [1.807, 2.05) is 0 Å². The Bertz CT molecular complexity index is 2820. The lowest BCUT2D eigenvalue weighted by Gasteiger charge is -2.32. The van der Waals surface area contributed by atoms with Gasteiger partial charge < -0.3 is 4.90 Å². The van der Waals surface area contributed by atoms with E-state index in [1.54, 1.807) is 0 Å². The quantitative estimate of drug-likeness (QED) is 0.166. The summed E-state index contributed by atoms with van der Waals surface area (Å²) in [4.78, 5) is 2.48. The Morgan fingerprint density at radius 3 is 1.83 bits per heavy atom. The number of fused-ring (bicyclic) bond motifs is 7. The highest BCUT2D eigenvalue weighted by Crippen LogP contribution is 2.54. The summed E-state index contributed by atoms with van der Waals surface area (Å²) in [5, 5.41) is 7.62. The lowest BCUT2D eigenvalue weighted by molar-refractivity contribution is 0.661. The second-order valence-corrected chi connectivity index (χ2v) is 14.5. The second-order valence-electron chi connectivity index (χ2n) is 14.5. The summed E-state index contributed by atoms with van der Waals surface area (Å²) in [6.07, 6.45) is 0. The van der Waals surface area contributed by atoms with Crippen molar-refractivity contribution in [1.82, 2.24) is 0 Å². The molecule has 1 heteroatoms. The molecule has 0 unspecified atom stereocenters. The number of nitrogens with zero attached hydrogens (tertiary/aromatic N) is 1. The van der Waals surface area contributed by atoms with Crippen molar-refractivity contribution < 1.29 is 0 Å². The van der Waals surface area contributed by atoms with Gasteiger partial charge in [0.05, 0.1) is 5.69 Å². The van der Waals surface area contributed by atoms with Crippen molar-refractivity contribution in [1.29, 1.82) is 0 Å². The van der Waals surface area contributed by atoms with E-state index in [1.165, 1.54) is 82.5 Å². The molecular formula is C51H37N. The van der Waals surface area contributed by atoms with Crippen molar-refractivity contribution in [3.8, 4) is 33.4 Å². The van der Waals surface area contributed by atoms with Gasteiger partial charge in [-0.05, 0) is 113 Å². The number of benzene rings is 9. The third-order valence-corrected chi connectivity index (χ3v) is 11.2. The van der Waals surface area contributed by atoms with E-state index in [4.69, 9.17) is 0 Å². The molecule has 0 aromatic heterocycles. The molecule has 1 aliphatic rings. The third-order valence-electron chi connectivity index (χ3n) is 11.2. The van der Waals surface area contributed by atoms with Crippen molar-refractivity contribution in [3.63, 3.8) is 0 Å². The lowest BCUT2D eigenvalue weighted by Crippen LogP contribution is -2.20. The SMILES string of the molecule is CC1(C)c2ccccc2-c2cccc(N(c3ccc(-c4cc5ccccc5c5ccccc45)cc3)c3cccc(-c4cccc5ccccc45)c3)c21. The highest BCUT2D eigenvalue weighted by Gasteiger charge is 2.38. The fourth-order valence-electron chi connectivity index (χ4n) is 8.81. The molecule has 0 heterocycles. The first-order valence-electron chi connectivity index (χ1n) is 18.2. The van der Waals surface area contributed by atoms with Gasteiger partial charge in [-0.1, -0.05) is 166 Å². The minimum atomic E-state index is -0.169. The summed E-state index contributed by atoms with van der Waals surface area (Å²) in [6.45, 7) is 4.75.